The minimum Gasteiger partial charge on any atom is -0.755 e. The van der Waals surface area contributed by atoms with Crippen molar-refractivity contribution in [3.63, 3.8) is 0 Å². The Morgan fingerprint density at radius 3 is 2.14 bits per heavy atom. The smallest absolute Gasteiger partial charge is 0.327 e. The highest BCUT2D eigenvalue weighted by molar-refractivity contribution is 7.80. The first-order valence-corrected chi connectivity index (χ1v) is 12.9. The number of furan rings is 1. The Labute approximate surface area is 217 Å². The molecule has 0 aliphatic carbocycles. The van der Waals surface area contributed by atoms with E-state index in [9.17, 15) is 23.5 Å². The predicted molar refractivity (Wildman–Crippen MR) is 143 cm³/mol. The maximum atomic E-state index is 12.9. The first-order valence-electron chi connectivity index (χ1n) is 11.8. The molecule has 0 saturated heterocycles. The van der Waals surface area contributed by atoms with Gasteiger partial charge in [0.2, 0.25) is 0 Å². The Hall–Kier alpha value is -3.95. The zero-order chi connectivity index (χ0) is 26.7. The van der Waals surface area contributed by atoms with Crippen molar-refractivity contribution in [3.8, 4) is 11.1 Å². The van der Waals surface area contributed by atoms with Crippen LogP contribution < -0.4 is 9.62 Å². The van der Waals surface area contributed by atoms with Gasteiger partial charge in [-0.3, -0.25) is 13.3 Å². The van der Waals surface area contributed by atoms with Crippen LogP contribution in [0.25, 0.3) is 22.1 Å². The van der Waals surface area contributed by atoms with E-state index in [0.717, 1.165) is 26.4 Å². The van der Waals surface area contributed by atoms with Crippen LogP contribution >= 0.6 is 0 Å². The number of para-hydroxylation sites is 1. The molecule has 1 aromatic heterocycles. The summed E-state index contributed by atoms with van der Waals surface area (Å²) in [7, 11) is 0. The van der Waals surface area contributed by atoms with Crippen molar-refractivity contribution in [3.05, 3.63) is 84.1 Å². The van der Waals surface area contributed by atoms with E-state index in [1.807, 2.05) is 43.3 Å². The molecule has 9 heteroatoms. The molecule has 2 unspecified atom stereocenters. The molecule has 0 bridgehead atoms. The quantitative estimate of drug-likeness (QED) is 0.277. The average Bonchev–Trinajstić information content (AvgIpc) is 3.26. The van der Waals surface area contributed by atoms with E-state index >= 15 is 0 Å². The van der Waals surface area contributed by atoms with E-state index in [2.05, 4.69) is 5.32 Å². The summed E-state index contributed by atoms with van der Waals surface area (Å²) in [6.45, 7) is 5.29. The number of nitrogens with one attached hydrogen (secondary N) is 1. The van der Waals surface area contributed by atoms with Crippen LogP contribution in [0.2, 0.25) is 0 Å². The van der Waals surface area contributed by atoms with Crippen LogP contribution in [0.4, 0.5) is 11.4 Å². The zero-order valence-electron chi connectivity index (χ0n) is 20.6. The molecular formula is C28H27N2O6S-. The number of hydrogen-bond acceptors (Lipinski definition) is 5. The van der Waals surface area contributed by atoms with Gasteiger partial charge in [-0.1, -0.05) is 63.2 Å². The van der Waals surface area contributed by atoms with Gasteiger partial charge >= 0.3 is 5.97 Å². The highest BCUT2D eigenvalue weighted by Gasteiger charge is 2.30. The number of nitrogens with zero attached hydrogens (tertiary/aromatic N) is 1. The first kappa shape index (κ1) is 26.1. The van der Waals surface area contributed by atoms with Crippen LogP contribution in [0, 0.1) is 5.92 Å². The third kappa shape index (κ3) is 5.42. The molecular weight excluding hydrogens is 492 g/mol. The fraction of sp³-hybridized carbons (Fsp3) is 0.214. The number of fused-ring (bicyclic) bond motifs is 1. The van der Waals surface area contributed by atoms with Crippen LogP contribution in [0.1, 0.15) is 36.9 Å². The highest BCUT2D eigenvalue weighted by Crippen LogP contribution is 2.29. The third-order valence-corrected chi connectivity index (χ3v) is 6.91. The van der Waals surface area contributed by atoms with Crippen LogP contribution in [-0.2, 0) is 22.5 Å². The number of carbonyl (C=O) groups excluding carboxylic acids is 1. The molecule has 2 N–H and O–H groups in total. The lowest BCUT2D eigenvalue weighted by Crippen LogP contribution is -2.45. The minimum atomic E-state index is -2.75. The number of carboxylic acids is 1. The molecule has 0 radical (unpaired) electrons. The van der Waals surface area contributed by atoms with E-state index in [1.54, 1.807) is 50.2 Å². The molecule has 3 aromatic carbocycles. The molecule has 8 nitrogen and oxygen atoms in total. The monoisotopic (exact) mass is 519 g/mol. The van der Waals surface area contributed by atoms with Gasteiger partial charge in [-0.2, -0.15) is 0 Å². The molecule has 1 heterocycles. The van der Waals surface area contributed by atoms with Crippen LogP contribution in [0.15, 0.2) is 77.2 Å². The molecule has 0 fully saturated rings. The van der Waals surface area contributed by atoms with Crippen molar-refractivity contribution in [2.24, 2.45) is 5.92 Å². The summed E-state index contributed by atoms with van der Waals surface area (Å²) in [5.41, 5.74) is 4.05. The summed E-state index contributed by atoms with van der Waals surface area (Å²) in [6.07, 6.45) is 0.663. The number of anilines is 2. The maximum Gasteiger partial charge on any atom is 0.327 e. The van der Waals surface area contributed by atoms with Crippen molar-refractivity contribution >= 4 is 45.5 Å². The largest absolute Gasteiger partial charge is 0.755 e. The lowest BCUT2D eigenvalue weighted by Gasteiger charge is -2.34. The van der Waals surface area contributed by atoms with E-state index < -0.39 is 29.2 Å². The lowest BCUT2D eigenvalue weighted by atomic mass is 10.0. The van der Waals surface area contributed by atoms with Crippen LogP contribution in [-0.4, -0.2) is 31.8 Å². The molecule has 37 heavy (non-hydrogen) atoms. The van der Waals surface area contributed by atoms with Gasteiger partial charge in [0, 0.05) is 33.6 Å². The summed E-state index contributed by atoms with van der Waals surface area (Å²) >= 11 is -2.75. The van der Waals surface area contributed by atoms with Gasteiger partial charge in [0.25, 0.3) is 5.91 Å². The fourth-order valence-corrected chi connectivity index (χ4v) is 5.18. The number of aliphatic carboxylic acids is 1. The van der Waals surface area contributed by atoms with E-state index in [1.165, 1.54) is 0 Å². The number of carboxylic acid groups (broad SMARTS) is 1. The Balaban J connectivity index is 1.52. The molecule has 0 saturated carbocycles. The topological polar surface area (TPSA) is 123 Å². The van der Waals surface area contributed by atoms with E-state index in [0.29, 0.717) is 23.5 Å². The lowest BCUT2D eigenvalue weighted by molar-refractivity contribution is -0.139. The average molecular weight is 520 g/mol. The first-order chi connectivity index (χ1) is 17.7. The second-order valence-electron chi connectivity index (χ2n) is 8.91. The number of hydrogen-bond donors (Lipinski definition) is 2. The van der Waals surface area contributed by atoms with Gasteiger partial charge < -0.3 is 19.4 Å². The van der Waals surface area contributed by atoms with Gasteiger partial charge in [-0.15, -0.1) is 0 Å². The summed E-state index contributed by atoms with van der Waals surface area (Å²) in [5, 5.41) is 13.3. The van der Waals surface area contributed by atoms with Gasteiger partial charge in [-0.05, 0) is 53.8 Å². The Morgan fingerprint density at radius 2 is 1.59 bits per heavy atom. The van der Waals surface area contributed by atoms with Crippen molar-refractivity contribution in [2.45, 2.75) is 33.2 Å². The van der Waals surface area contributed by atoms with Crippen molar-refractivity contribution in [1.29, 1.82) is 0 Å². The van der Waals surface area contributed by atoms with Gasteiger partial charge in [0.05, 0.1) is 0 Å². The SMILES string of the molecule is CCc1c(C(=O)Nc2ccc(-c3ccc(N(C(C(=O)O)C(C)C)S(=O)[O-])cc3)cc2)oc2ccccc12. The Kier molecular flexibility index (Phi) is 7.75. The van der Waals surface area contributed by atoms with E-state index in [4.69, 9.17) is 4.42 Å². The van der Waals surface area contributed by atoms with Crippen molar-refractivity contribution < 1.29 is 27.9 Å². The van der Waals surface area contributed by atoms with Gasteiger partial charge in [-0.25, -0.2) is 4.79 Å². The van der Waals surface area contributed by atoms with Crippen LogP contribution in [0.5, 0.6) is 0 Å². The summed E-state index contributed by atoms with van der Waals surface area (Å²) in [6, 6.07) is 20.2. The second kappa shape index (κ2) is 11.0. The fourth-order valence-electron chi connectivity index (χ4n) is 4.36. The molecule has 2 atom stereocenters. The molecule has 192 valence electrons. The third-order valence-electron chi connectivity index (χ3n) is 6.15. The Morgan fingerprint density at radius 1 is 1.00 bits per heavy atom. The van der Waals surface area contributed by atoms with Crippen LogP contribution in [0.3, 0.4) is 0 Å². The molecule has 0 aliphatic heterocycles. The number of amides is 1. The van der Waals surface area contributed by atoms with Gasteiger partial charge in [0.15, 0.2) is 5.76 Å². The minimum absolute atomic E-state index is 0.264. The Bertz CT molecular complexity index is 1440. The zero-order valence-corrected chi connectivity index (χ0v) is 21.5. The predicted octanol–water partition coefficient (Wildman–Crippen LogP) is 5.62. The van der Waals surface area contributed by atoms with Gasteiger partial charge in [0.1, 0.15) is 11.6 Å². The molecule has 0 aliphatic rings. The molecule has 4 aromatic rings. The summed E-state index contributed by atoms with van der Waals surface area (Å²) in [4.78, 5) is 24.6. The number of rotatable bonds is 9. The maximum absolute atomic E-state index is 12.9. The normalized spacial score (nSPS) is 12.9. The summed E-state index contributed by atoms with van der Waals surface area (Å²) in [5.74, 6) is -1.67. The standard InChI is InChI=1S/C28H28N2O6S/c1-4-22-23-7-5-6-8-24(23)36-26(22)27(31)29-20-13-9-18(10-14-20)19-11-15-21(16-12-19)30(37(34)35)25(17(2)3)28(32)33/h5-17,25H,4H2,1-3H3,(H,29,31)(H,32,33)(H,34,35)/p-1. The second-order valence-corrected chi connectivity index (χ2v) is 9.74. The molecule has 4 rings (SSSR count). The molecule has 1 amide bonds. The number of carbonyl (C=O) groups is 2. The summed E-state index contributed by atoms with van der Waals surface area (Å²) < 4.78 is 30.4. The van der Waals surface area contributed by atoms with Crippen molar-refractivity contribution in [1.82, 2.24) is 0 Å². The number of aryl methyl sites for hydroxylation is 1. The van der Waals surface area contributed by atoms with Crippen molar-refractivity contribution in [2.75, 3.05) is 9.62 Å². The molecule has 0 spiro atoms. The highest BCUT2D eigenvalue weighted by atomic mass is 32.2. The number of benzene rings is 3. The van der Waals surface area contributed by atoms with E-state index in [-0.39, 0.29) is 11.6 Å².